The van der Waals surface area contributed by atoms with Gasteiger partial charge in [-0.2, -0.15) is 0 Å². The monoisotopic (exact) mass is 331 g/mol. The summed E-state index contributed by atoms with van der Waals surface area (Å²) in [5, 5.41) is 0. The molecule has 0 heterocycles. The molecule has 0 unspecified atom stereocenters. The van der Waals surface area contributed by atoms with Gasteiger partial charge in [0.2, 0.25) is 0 Å². The Hall–Kier alpha value is -3.26. The second kappa shape index (κ2) is 7.75. The zero-order valence-electron chi connectivity index (χ0n) is 14.4. The van der Waals surface area contributed by atoms with Crippen molar-refractivity contribution in [3.63, 3.8) is 0 Å². The molecule has 4 aromatic rings. The third-order valence-corrected chi connectivity index (χ3v) is 4.38. The molecule has 0 atom stereocenters. The van der Waals surface area contributed by atoms with Crippen LogP contribution in [0, 0.1) is 0 Å². The van der Waals surface area contributed by atoms with Gasteiger partial charge in [0, 0.05) is 0 Å². The maximum atomic E-state index is 4.81. The van der Waals surface area contributed by atoms with E-state index in [0.29, 0.717) is 0 Å². The van der Waals surface area contributed by atoms with E-state index in [2.05, 4.69) is 91.0 Å². The van der Waals surface area contributed by atoms with E-state index >= 15 is 0 Å². The Morgan fingerprint density at radius 1 is 0.462 bits per heavy atom. The molecule has 2 heteroatoms. The molecule has 4 aromatic carbocycles. The zero-order chi connectivity index (χ0) is 17.6. The molecule has 0 bridgehead atoms. The second-order valence-electron chi connectivity index (χ2n) is 6.09. The third-order valence-electron chi connectivity index (χ3n) is 4.38. The van der Waals surface area contributed by atoms with Crippen LogP contribution in [0.3, 0.4) is 0 Å². The standard InChI is InChI=1S/C24H18BN/c1-3-11-19(12-4-1)21-15-7-9-17-23(21)25-26-24-18-10-8-16-22(24)20-13-5-2-6-14-20/h1-18H. The first-order valence-electron chi connectivity index (χ1n) is 8.75. The summed E-state index contributed by atoms with van der Waals surface area (Å²) in [7, 11) is 1.96. The molecule has 0 aromatic heterocycles. The SMILES string of the molecule is B(=Nc1ccccc1-c1ccccc1)c1ccccc1-c1ccccc1. The van der Waals surface area contributed by atoms with Crippen molar-refractivity contribution in [1.29, 1.82) is 0 Å². The predicted molar refractivity (Wildman–Crippen MR) is 111 cm³/mol. The molecule has 0 aliphatic heterocycles. The van der Waals surface area contributed by atoms with E-state index in [1.54, 1.807) is 0 Å². The van der Waals surface area contributed by atoms with Crippen molar-refractivity contribution < 1.29 is 0 Å². The van der Waals surface area contributed by atoms with Gasteiger partial charge in [-0.1, -0.05) is 0 Å². The summed E-state index contributed by atoms with van der Waals surface area (Å²) in [5.41, 5.74) is 6.79. The van der Waals surface area contributed by atoms with E-state index in [-0.39, 0.29) is 0 Å². The molecule has 0 amide bonds. The molecule has 0 radical (unpaired) electrons. The fourth-order valence-electron chi connectivity index (χ4n) is 3.08. The van der Waals surface area contributed by atoms with E-state index in [4.69, 9.17) is 4.90 Å². The number of hydrogen-bond acceptors (Lipinski definition) is 1. The summed E-state index contributed by atoms with van der Waals surface area (Å²) < 4.78 is 0. The summed E-state index contributed by atoms with van der Waals surface area (Å²) in [5.74, 6) is 0. The summed E-state index contributed by atoms with van der Waals surface area (Å²) in [6.07, 6.45) is 0. The first-order chi connectivity index (χ1) is 12.9. The fraction of sp³-hybridized carbons (Fsp3) is 0. The van der Waals surface area contributed by atoms with Crippen molar-refractivity contribution in [2.75, 3.05) is 0 Å². The van der Waals surface area contributed by atoms with Gasteiger partial charge in [0.1, 0.15) is 0 Å². The first-order valence-corrected chi connectivity index (χ1v) is 8.75. The molecule has 1 nitrogen and oxygen atoms in total. The van der Waals surface area contributed by atoms with E-state index in [1.807, 2.05) is 25.3 Å². The van der Waals surface area contributed by atoms with Crippen LogP contribution >= 0.6 is 0 Å². The molecular formula is C24H18BN. The van der Waals surface area contributed by atoms with E-state index < -0.39 is 0 Å². The molecule has 0 spiro atoms. The van der Waals surface area contributed by atoms with Crippen molar-refractivity contribution in [3.8, 4) is 22.3 Å². The number of nitrogens with zero attached hydrogens (tertiary/aromatic N) is 1. The Bertz CT molecular complexity index is 939. The molecule has 0 saturated carbocycles. The maximum absolute atomic E-state index is 4.81. The molecule has 4 rings (SSSR count). The number of hydrogen-bond donors (Lipinski definition) is 0. The first kappa shape index (κ1) is 16.2. The van der Waals surface area contributed by atoms with Crippen molar-refractivity contribution in [3.05, 3.63) is 109 Å². The minimum absolute atomic E-state index is 0.974. The van der Waals surface area contributed by atoms with E-state index in [0.717, 1.165) is 16.7 Å². The average Bonchev–Trinajstić information content (AvgIpc) is 2.74. The fourth-order valence-corrected chi connectivity index (χ4v) is 3.08. The molecule has 0 aliphatic rings. The van der Waals surface area contributed by atoms with Gasteiger partial charge >= 0.3 is 155 Å². The van der Waals surface area contributed by atoms with Crippen molar-refractivity contribution in [2.45, 2.75) is 0 Å². The van der Waals surface area contributed by atoms with Gasteiger partial charge in [-0.05, 0) is 0 Å². The van der Waals surface area contributed by atoms with Crippen molar-refractivity contribution in [1.82, 2.24) is 0 Å². The van der Waals surface area contributed by atoms with Crippen LogP contribution in [0.1, 0.15) is 0 Å². The number of benzene rings is 4. The van der Waals surface area contributed by atoms with Crippen LogP contribution in [0.15, 0.2) is 114 Å². The van der Waals surface area contributed by atoms with Crippen LogP contribution < -0.4 is 5.46 Å². The second-order valence-corrected chi connectivity index (χ2v) is 6.09. The molecule has 0 saturated heterocycles. The van der Waals surface area contributed by atoms with Crippen LogP contribution in [0.25, 0.3) is 22.3 Å². The molecule has 0 aliphatic carbocycles. The number of rotatable bonds is 4. The average molecular weight is 331 g/mol. The summed E-state index contributed by atoms with van der Waals surface area (Å²) >= 11 is 0. The van der Waals surface area contributed by atoms with E-state index in [1.165, 1.54) is 16.7 Å². The zero-order valence-corrected chi connectivity index (χ0v) is 14.4. The minimum atomic E-state index is 0.974. The van der Waals surface area contributed by atoms with Gasteiger partial charge in [0.25, 0.3) is 0 Å². The Labute approximate surface area is 154 Å². The van der Waals surface area contributed by atoms with Crippen LogP contribution in [0.2, 0.25) is 0 Å². The summed E-state index contributed by atoms with van der Waals surface area (Å²) in [4.78, 5) is 4.81. The molecule has 122 valence electrons. The quantitative estimate of drug-likeness (QED) is 0.415. The van der Waals surface area contributed by atoms with Gasteiger partial charge in [-0.15, -0.1) is 0 Å². The van der Waals surface area contributed by atoms with Crippen LogP contribution in [-0.2, 0) is 0 Å². The predicted octanol–water partition coefficient (Wildman–Crippen LogP) is 5.87. The Morgan fingerprint density at radius 2 is 0.962 bits per heavy atom. The molecule has 26 heavy (non-hydrogen) atoms. The van der Waals surface area contributed by atoms with Crippen LogP contribution in [-0.4, -0.2) is 7.07 Å². The van der Waals surface area contributed by atoms with Gasteiger partial charge in [-0.3, -0.25) is 0 Å². The van der Waals surface area contributed by atoms with Gasteiger partial charge in [0.05, 0.1) is 0 Å². The molecule has 0 N–H and O–H groups in total. The van der Waals surface area contributed by atoms with Crippen LogP contribution in [0.4, 0.5) is 5.69 Å². The van der Waals surface area contributed by atoms with Crippen LogP contribution in [0.5, 0.6) is 0 Å². The van der Waals surface area contributed by atoms with Gasteiger partial charge < -0.3 is 0 Å². The van der Waals surface area contributed by atoms with Crippen molar-refractivity contribution >= 4 is 18.2 Å². The Morgan fingerprint density at radius 3 is 1.65 bits per heavy atom. The Balaban J connectivity index is 1.73. The normalized spacial score (nSPS) is 10.6. The molecular weight excluding hydrogens is 313 g/mol. The van der Waals surface area contributed by atoms with Gasteiger partial charge in [-0.25, -0.2) is 0 Å². The Kier molecular flexibility index (Phi) is 4.84. The summed E-state index contributed by atoms with van der Waals surface area (Å²) in [6.45, 7) is 0. The van der Waals surface area contributed by atoms with Crippen molar-refractivity contribution in [2.24, 2.45) is 4.90 Å². The topological polar surface area (TPSA) is 12.4 Å². The van der Waals surface area contributed by atoms with E-state index in [9.17, 15) is 0 Å². The molecule has 0 fully saturated rings. The third kappa shape index (κ3) is 3.55. The summed E-state index contributed by atoms with van der Waals surface area (Å²) in [6, 6.07) is 37.4. The van der Waals surface area contributed by atoms with Gasteiger partial charge in [0.15, 0.2) is 0 Å².